The van der Waals surface area contributed by atoms with Crippen molar-refractivity contribution in [3.63, 3.8) is 0 Å². The Morgan fingerprint density at radius 1 is 1.67 bits per heavy atom. The second-order valence-electron chi connectivity index (χ2n) is 3.99. The molecule has 4 heteroatoms. The lowest BCUT2D eigenvalue weighted by molar-refractivity contribution is 0.194. The van der Waals surface area contributed by atoms with Gasteiger partial charge in [-0.25, -0.2) is 4.98 Å². The molecule has 1 unspecified atom stereocenters. The Kier molecular flexibility index (Phi) is 3.06. The van der Waals surface area contributed by atoms with E-state index in [9.17, 15) is 0 Å². The molecule has 0 aromatic carbocycles. The molecular formula is C11H17N3O. The summed E-state index contributed by atoms with van der Waals surface area (Å²) in [5.74, 6) is 0.554. The fraction of sp³-hybridized carbons (Fsp3) is 0.545. The van der Waals surface area contributed by atoms with Crippen LogP contribution in [0.25, 0.3) is 0 Å². The molecule has 15 heavy (non-hydrogen) atoms. The number of nitrogens with zero attached hydrogens (tertiary/aromatic N) is 2. The van der Waals surface area contributed by atoms with Gasteiger partial charge in [0.1, 0.15) is 6.61 Å². The Morgan fingerprint density at radius 3 is 3.20 bits per heavy atom. The maximum Gasteiger partial charge on any atom is 0.237 e. The molecule has 0 amide bonds. The number of pyridine rings is 1. The van der Waals surface area contributed by atoms with E-state index in [1.165, 1.54) is 12.8 Å². The first-order valence-electron chi connectivity index (χ1n) is 5.31. The number of likely N-dealkylation sites (N-methyl/N-ethyl adjacent to an activating group) is 1. The van der Waals surface area contributed by atoms with Gasteiger partial charge in [0.2, 0.25) is 5.88 Å². The summed E-state index contributed by atoms with van der Waals surface area (Å²) in [6.45, 7) is 1.84. The summed E-state index contributed by atoms with van der Waals surface area (Å²) in [6.07, 6.45) is 4.15. The lowest BCUT2D eigenvalue weighted by Crippen LogP contribution is -2.30. The van der Waals surface area contributed by atoms with Crippen molar-refractivity contribution in [1.82, 2.24) is 9.88 Å². The third-order valence-electron chi connectivity index (χ3n) is 2.88. The Hall–Kier alpha value is -1.29. The Labute approximate surface area is 90.0 Å². The molecule has 0 radical (unpaired) electrons. The molecule has 1 aromatic heterocycles. The molecule has 1 fully saturated rings. The maximum atomic E-state index is 5.74. The average molecular weight is 207 g/mol. The third-order valence-corrected chi connectivity index (χ3v) is 2.88. The van der Waals surface area contributed by atoms with Gasteiger partial charge in [0.25, 0.3) is 0 Å². The first kappa shape index (κ1) is 10.2. The van der Waals surface area contributed by atoms with Crippen LogP contribution in [0.1, 0.15) is 12.8 Å². The highest BCUT2D eigenvalue weighted by Crippen LogP contribution is 2.19. The zero-order valence-electron chi connectivity index (χ0n) is 9.02. The van der Waals surface area contributed by atoms with Crippen molar-refractivity contribution in [3.8, 4) is 5.88 Å². The van der Waals surface area contributed by atoms with Crippen LogP contribution in [0.4, 0.5) is 5.69 Å². The maximum absolute atomic E-state index is 5.74. The van der Waals surface area contributed by atoms with Crippen LogP contribution in [0.2, 0.25) is 0 Å². The van der Waals surface area contributed by atoms with Gasteiger partial charge in [-0.1, -0.05) is 0 Å². The van der Waals surface area contributed by atoms with Crippen LogP contribution >= 0.6 is 0 Å². The minimum Gasteiger partial charge on any atom is -0.475 e. The molecule has 2 heterocycles. The molecule has 0 saturated carbocycles. The monoisotopic (exact) mass is 207 g/mol. The van der Waals surface area contributed by atoms with Gasteiger partial charge in [0, 0.05) is 12.2 Å². The standard InChI is InChI=1S/C11H17N3O/c1-14-7-3-4-9(14)8-15-11-10(12)5-2-6-13-11/h2,5-6,9H,3-4,7-8,12H2,1H3. The molecule has 1 aromatic rings. The Balaban J connectivity index is 1.90. The summed E-state index contributed by atoms with van der Waals surface area (Å²) in [5, 5.41) is 0. The molecule has 1 aliphatic rings. The van der Waals surface area contributed by atoms with Crippen molar-refractivity contribution in [2.75, 3.05) is 25.9 Å². The second kappa shape index (κ2) is 4.49. The number of nitrogens with two attached hydrogens (primary N) is 1. The molecule has 82 valence electrons. The fourth-order valence-electron chi connectivity index (χ4n) is 1.89. The van der Waals surface area contributed by atoms with Crippen LogP contribution in [-0.4, -0.2) is 36.1 Å². The van der Waals surface area contributed by atoms with E-state index in [1.54, 1.807) is 12.3 Å². The van der Waals surface area contributed by atoms with Crippen molar-refractivity contribution in [2.45, 2.75) is 18.9 Å². The van der Waals surface area contributed by atoms with Crippen LogP contribution in [0.3, 0.4) is 0 Å². The fourth-order valence-corrected chi connectivity index (χ4v) is 1.89. The molecular weight excluding hydrogens is 190 g/mol. The average Bonchev–Trinajstić information content (AvgIpc) is 2.63. The number of hydrogen-bond donors (Lipinski definition) is 1. The van der Waals surface area contributed by atoms with E-state index < -0.39 is 0 Å². The topological polar surface area (TPSA) is 51.4 Å². The predicted molar refractivity (Wildman–Crippen MR) is 59.8 cm³/mol. The van der Waals surface area contributed by atoms with E-state index in [0.29, 0.717) is 24.2 Å². The molecule has 0 spiro atoms. The highest BCUT2D eigenvalue weighted by Gasteiger charge is 2.21. The van der Waals surface area contributed by atoms with E-state index in [2.05, 4.69) is 16.9 Å². The predicted octanol–water partition coefficient (Wildman–Crippen LogP) is 1.14. The van der Waals surface area contributed by atoms with E-state index >= 15 is 0 Å². The molecule has 4 nitrogen and oxygen atoms in total. The number of hydrogen-bond acceptors (Lipinski definition) is 4. The Bertz CT molecular complexity index is 329. The van der Waals surface area contributed by atoms with Crippen LogP contribution < -0.4 is 10.5 Å². The summed E-state index contributed by atoms with van der Waals surface area (Å²) in [6, 6.07) is 4.12. The third kappa shape index (κ3) is 2.39. The van der Waals surface area contributed by atoms with Gasteiger partial charge in [-0.2, -0.15) is 0 Å². The molecule has 1 atom stereocenters. The minimum atomic E-state index is 0.506. The van der Waals surface area contributed by atoms with Crippen molar-refractivity contribution >= 4 is 5.69 Å². The van der Waals surface area contributed by atoms with Gasteiger partial charge in [0.15, 0.2) is 0 Å². The summed E-state index contributed by atoms with van der Waals surface area (Å²) in [5.41, 5.74) is 6.35. The van der Waals surface area contributed by atoms with Gasteiger partial charge in [-0.3, -0.25) is 0 Å². The number of aromatic nitrogens is 1. The van der Waals surface area contributed by atoms with Crippen LogP contribution in [0.5, 0.6) is 5.88 Å². The molecule has 0 aliphatic carbocycles. The van der Waals surface area contributed by atoms with E-state index in [-0.39, 0.29) is 0 Å². The van der Waals surface area contributed by atoms with Crippen molar-refractivity contribution in [1.29, 1.82) is 0 Å². The van der Waals surface area contributed by atoms with Gasteiger partial charge >= 0.3 is 0 Å². The van der Waals surface area contributed by atoms with Crippen LogP contribution in [0.15, 0.2) is 18.3 Å². The zero-order valence-corrected chi connectivity index (χ0v) is 9.02. The molecule has 1 saturated heterocycles. The first-order valence-corrected chi connectivity index (χ1v) is 5.31. The number of likely N-dealkylation sites (tertiary alicyclic amines) is 1. The van der Waals surface area contributed by atoms with E-state index in [1.807, 2.05) is 6.07 Å². The van der Waals surface area contributed by atoms with Crippen molar-refractivity contribution in [3.05, 3.63) is 18.3 Å². The zero-order chi connectivity index (χ0) is 10.7. The van der Waals surface area contributed by atoms with E-state index in [0.717, 1.165) is 6.54 Å². The summed E-state index contributed by atoms with van der Waals surface area (Å²) >= 11 is 0. The number of rotatable bonds is 3. The number of anilines is 1. The van der Waals surface area contributed by atoms with Gasteiger partial charge < -0.3 is 15.4 Å². The molecule has 2 rings (SSSR count). The summed E-state index contributed by atoms with van der Waals surface area (Å²) < 4.78 is 5.61. The van der Waals surface area contributed by atoms with Crippen LogP contribution in [-0.2, 0) is 0 Å². The molecule has 2 N–H and O–H groups in total. The smallest absolute Gasteiger partial charge is 0.237 e. The van der Waals surface area contributed by atoms with Gasteiger partial charge in [-0.15, -0.1) is 0 Å². The number of nitrogen functional groups attached to an aromatic ring is 1. The highest BCUT2D eigenvalue weighted by atomic mass is 16.5. The second-order valence-corrected chi connectivity index (χ2v) is 3.99. The Morgan fingerprint density at radius 2 is 2.53 bits per heavy atom. The first-order chi connectivity index (χ1) is 7.27. The molecule has 0 bridgehead atoms. The van der Waals surface area contributed by atoms with Crippen molar-refractivity contribution < 1.29 is 4.74 Å². The summed E-state index contributed by atoms with van der Waals surface area (Å²) in [7, 11) is 2.13. The van der Waals surface area contributed by atoms with Gasteiger partial charge in [0.05, 0.1) is 5.69 Å². The highest BCUT2D eigenvalue weighted by molar-refractivity contribution is 5.46. The normalized spacial score (nSPS) is 21.8. The summed E-state index contributed by atoms with van der Waals surface area (Å²) in [4.78, 5) is 6.42. The lowest BCUT2D eigenvalue weighted by atomic mass is 10.2. The molecule has 1 aliphatic heterocycles. The quantitative estimate of drug-likeness (QED) is 0.807. The lowest BCUT2D eigenvalue weighted by Gasteiger charge is -2.19. The number of ether oxygens (including phenoxy) is 1. The SMILES string of the molecule is CN1CCCC1COc1ncccc1N. The van der Waals surface area contributed by atoms with E-state index in [4.69, 9.17) is 10.5 Å². The van der Waals surface area contributed by atoms with Gasteiger partial charge in [-0.05, 0) is 38.6 Å². The largest absolute Gasteiger partial charge is 0.475 e. The van der Waals surface area contributed by atoms with Crippen LogP contribution in [0, 0.1) is 0 Å². The minimum absolute atomic E-state index is 0.506. The van der Waals surface area contributed by atoms with Crippen molar-refractivity contribution in [2.24, 2.45) is 0 Å².